The Balaban J connectivity index is 2.03. The van der Waals surface area contributed by atoms with Gasteiger partial charge in [0.25, 0.3) is 0 Å². The van der Waals surface area contributed by atoms with E-state index in [1.807, 2.05) is 17.5 Å². The number of esters is 1. The summed E-state index contributed by atoms with van der Waals surface area (Å²) in [5.74, 6) is -0.736. The molecule has 1 amide bonds. The molecule has 0 aromatic carbocycles. The van der Waals surface area contributed by atoms with E-state index in [9.17, 15) is 9.59 Å². The van der Waals surface area contributed by atoms with Crippen molar-refractivity contribution in [3.05, 3.63) is 45.5 Å². The van der Waals surface area contributed by atoms with Crippen LogP contribution in [0.1, 0.15) is 15.2 Å². The first kappa shape index (κ1) is 13.5. The Labute approximate surface area is 118 Å². The lowest BCUT2D eigenvalue weighted by atomic mass is 10.3. The number of rotatable bonds is 4. The average Bonchev–Trinajstić information content (AvgIpc) is 3.06. The summed E-state index contributed by atoms with van der Waals surface area (Å²) in [6.45, 7) is 0. The van der Waals surface area contributed by atoms with Crippen molar-refractivity contribution in [1.82, 2.24) is 0 Å². The number of carbonyl (C=O) groups is 2. The first-order valence-electron chi connectivity index (χ1n) is 5.39. The Hall–Kier alpha value is -1.92. The van der Waals surface area contributed by atoms with E-state index in [4.69, 9.17) is 0 Å². The van der Waals surface area contributed by atoms with Crippen LogP contribution in [0.4, 0.5) is 5.00 Å². The van der Waals surface area contributed by atoms with Gasteiger partial charge < -0.3 is 10.1 Å². The lowest BCUT2D eigenvalue weighted by Gasteiger charge is -2.02. The van der Waals surface area contributed by atoms with Gasteiger partial charge in [0.2, 0.25) is 5.91 Å². The van der Waals surface area contributed by atoms with Crippen molar-refractivity contribution >= 4 is 45.6 Å². The maximum absolute atomic E-state index is 11.7. The molecule has 19 heavy (non-hydrogen) atoms. The van der Waals surface area contributed by atoms with Crippen LogP contribution in [0.3, 0.4) is 0 Å². The Morgan fingerprint density at radius 1 is 1.26 bits per heavy atom. The van der Waals surface area contributed by atoms with Crippen LogP contribution in [-0.4, -0.2) is 19.0 Å². The number of anilines is 1. The van der Waals surface area contributed by atoms with Gasteiger partial charge >= 0.3 is 5.97 Å². The Morgan fingerprint density at radius 3 is 2.79 bits per heavy atom. The van der Waals surface area contributed by atoms with Gasteiger partial charge in [0.15, 0.2) is 0 Å². The summed E-state index contributed by atoms with van der Waals surface area (Å²) < 4.78 is 4.64. The second kappa shape index (κ2) is 6.31. The highest BCUT2D eigenvalue weighted by molar-refractivity contribution is 7.14. The molecule has 0 aliphatic heterocycles. The SMILES string of the molecule is COC(=O)c1ccsc1NC(=O)/C=C/c1cccs1. The number of hydrogen-bond donors (Lipinski definition) is 1. The smallest absolute Gasteiger partial charge is 0.340 e. The minimum Gasteiger partial charge on any atom is -0.465 e. The molecule has 4 nitrogen and oxygen atoms in total. The summed E-state index contributed by atoms with van der Waals surface area (Å²) >= 11 is 2.83. The Morgan fingerprint density at radius 2 is 2.11 bits per heavy atom. The van der Waals surface area contributed by atoms with Crippen LogP contribution in [0.25, 0.3) is 6.08 Å². The standard InChI is InChI=1S/C13H11NO3S2/c1-17-13(16)10-6-8-19-12(10)14-11(15)5-4-9-3-2-7-18-9/h2-8H,1H3,(H,14,15)/b5-4+. The lowest BCUT2D eigenvalue weighted by Crippen LogP contribution is -2.10. The zero-order chi connectivity index (χ0) is 13.7. The largest absolute Gasteiger partial charge is 0.465 e. The van der Waals surface area contributed by atoms with E-state index in [2.05, 4.69) is 10.1 Å². The average molecular weight is 293 g/mol. The monoisotopic (exact) mass is 293 g/mol. The van der Waals surface area contributed by atoms with Gasteiger partial charge in [0.1, 0.15) is 5.00 Å². The first-order valence-corrected chi connectivity index (χ1v) is 7.15. The second-order valence-electron chi connectivity index (χ2n) is 3.49. The van der Waals surface area contributed by atoms with Gasteiger partial charge in [-0.05, 0) is 29.0 Å². The van der Waals surface area contributed by atoms with Crippen molar-refractivity contribution in [2.45, 2.75) is 0 Å². The molecule has 0 aliphatic rings. The Kier molecular flexibility index (Phi) is 4.48. The van der Waals surface area contributed by atoms with Crippen LogP contribution in [0.5, 0.6) is 0 Å². The van der Waals surface area contributed by atoms with E-state index in [1.165, 1.54) is 24.5 Å². The molecule has 0 bridgehead atoms. The molecule has 2 heterocycles. The van der Waals surface area contributed by atoms with Crippen molar-refractivity contribution in [3.63, 3.8) is 0 Å². The zero-order valence-corrected chi connectivity index (χ0v) is 11.7. The molecule has 0 atom stereocenters. The van der Waals surface area contributed by atoms with E-state index < -0.39 is 5.97 Å². The predicted octanol–water partition coefficient (Wildman–Crippen LogP) is 3.25. The molecule has 0 saturated heterocycles. The third kappa shape index (κ3) is 3.52. The topological polar surface area (TPSA) is 55.4 Å². The molecular formula is C13H11NO3S2. The molecule has 0 spiro atoms. The van der Waals surface area contributed by atoms with Crippen molar-refractivity contribution in [2.24, 2.45) is 0 Å². The fraction of sp³-hybridized carbons (Fsp3) is 0.0769. The number of thiophene rings is 2. The highest BCUT2D eigenvalue weighted by Crippen LogP contribution is 2.24. The van der Waals surface area contributed by atoms with Crippen molar-refractivity contribution in [1.29, 1.82) is 0 Å². The minimum absolute atomic E-state index is 0.277. The molecule has 2 rings (SSSR count). The summed E-state index contributed by atoms with van der Waals surface area (Å²) in [5, 5.41) is 6.82. The molecule has 0 fully saturated rings. The molecule has 2 aromatic heterocycles. The van der Waals surface area contributed by atoms with Gasteiger partial charge in [-0.15, -0.1) is 22.7 Å². The molecule has 0 aliphatic carbocycles. The molecule has 1 N–H and O–H groups in total. The van der Waals surface area contributed by atoms with Gasteiger partial charge in [-0.2, -0.15) is 0 Å². The number of amides is 1. The molecule has 2 aromatic rings. The molecule has 0 radical (unpaired) electrons. The number of carbonyl (C=O) groups excluding carboxylic acids is 2. The summed E-state index contributed by atoms with van der Waals surface area (Å²) in [4.78, 5) is 24.2. The quantitative estimate of drug-likeness (QED) is 0.695. The zero-order valence-electron chi connectivity index (χ0n) is 10.1. The molecule has 0 unspecified atom stereocenters. The fourth-order valence-electron chi connectivity index (χ4n) is 1.37. The number of hydrogen-bond acceptors (Lipinski definition) is 5. The number of nitrogens with one attached hydrogen (secondary N) is 1. The minimum atomic E-state index is -0.459. The van der Waals surface area contributed by atoms with Crippen LogP contribution < -0.4 is 5.32 Å². The fourth-order valence-corrected chi connectivity index (χ4v) is 2.77. The third-order valence-corrected chi connectivity index (χ3v) is 3.92. The van der Waals surface area contributed by atoms with Crippen molar-refractivity contribution in [3.8, 4) is 0 Å². The van der Waals surface area contributed by atoms with Gasteiger partial charge in [-0.3, -0.25) is 4.79 Å². The molecule has 0 saturated carbocycles. The maximum Gasteiger partial charge on any atom is 0.340 e. The van der Waals surface area contributed by atoms with E-state index in [0.717, 1.165) is 4.88 Å². The van der Waals surface area contributed by atoms with Gasteiger partial charge in [-0.1, -0.05) is 6.07 Å². The van der Waals surface area contributed by atoms with E-state index in [0.29, 0.717) is 10.6 Å². The van der Waals surface area contributed by atoms with Gasteiger partial charge in [0, 0.05) is 11.0 Å². The van der Waals surface area contributed by atoms with Gasteiger partial charge in [-0.25, -0.2) is 4.79 Å². The highest BCUT2D eigenvalue weighted by atomic mass is 32.1. The third-order valence-electron chi connectivity index (χ3n) is 2.25. The van der Waals surface area contributed by atoms with E-state index >= 15 is 0 Å². The first-order chi connectivity index (χ1) is 9.20. The van der Waals surface area contributed by atoms with Crippen LogP contribution >= 0.6 is 22.7 Å². The second-order valence-corrected chi connectivity index (χ2v) is 5.39. The Bertz CT molecular complexity index is 599. The molecular weight excluding hydrogens is 282 g/mol. The highest BCUT2D eigenvalue weighted by Gasteiger charge is 2.14. The van der Waals surface area contributed by atoms with Crippen LogP contribution in [-0.2, 0) is 9.53 Å². The maximum atomic E-state index is 11.7. The summed E-state index contributed by atoms with van der Waals surface area (Å²) in [7, 11) is 1.31. The van der Waals surface area contributed by atoms with Crippen LogP contribution in [0.15, 0.2) is 35.0 Å². The molecule has 6 heteroatoms. The summed E-state index contributed by atoms with van der Waals surface area (Å²) in [5.41, 5.74) is 0.366. The lowest BCUT2D eigenvalue weighted by molar-refractivity contribution is -0.111. The van der Waals surface area contributed by atoms with Gasteiger partial charge in [0.05, 0.1) is 12.7 Å². The number of methoxy groups -OCH3 is 1. The number of ether oxygens (including phenoxy) is 1. The predicted molar refractivity (Wildman–Crippen MR) is 77.6 cm³/mol. The van der Waals surface area contributed by atoms with Crippen LogP contribution in [0, 0.1) is 0 Å². The van der Waals surface area contributed by atoms with Crippen molar-refractivity contribution < 1.29 is 14.3 Å². The van der Waals surface area contributed by atoms with Crippen molar-refractivity contribution in [2.75, 3.05) is 12.4 Å². The van der Waals surface area contributed by atoms with E-state index in [1.54, 1.807) is 28.9 Å². The van der Waals surface area contributed by atoms with Crippen LogP contribution in [0.2, 0.25) is 0 Å². The summed E-state index contributed by atoms with van der Waals surface area (Å²) in [6, 6.07) is 5.45. The van der Waals surface area contributed by atoms with E-state index in [-0.39, 0.29) is 5.91 Å². The normalized spacial score (nSPS) is 10.6. The summed E-state index contributed by atoms with van der Waals surface area (Å²) in [6.07, 6.45) is 3.16. The molecule has 98 valence electrons.